The number of carbonyl (C=O) groups excluding carboxylic acids is 1. The number of hydrogen-bond donors (Lipinski definition) is 1. The minimum absolute atomic E-state index is 0.0207. The van der Waals surface area contributed by atoms with Gasteiger partial charge in [-0.15, -0.1) is 11.8 Å². The molecule has 11 heteroatoms. The largest absolute Gasteiger partial charge is 0.416 e. The molecule has 1 aromatic carbocycles. The molecule has 3 aromatic rings. The number of hydrogen-bond acceptors (Lipinski definition) is 5. The summed E-state index contributed by atoms with van der Waals surface area (Å²) in [6.45, 7) is 3.81. The van der Waals surface area contributed by atoms with Crippen molar-refractivity contribution in [2.75, 3.05) is 11.1 Å². The fraction of sp³-hybridized carbons (Fsp3) is 0.333. The molecule has 0 radical (unpaired) electrons. The van der Waals surface area contributed by atoms with Crippen LogP contribution in [0.2, 0.25) is 0 Å². The topological polar surface area (TPSA) is 86.0 Å². The van der Waals surface area contributed by atoms with Crippen molar-refractivity contribution in [2.45, 2.75) is 30.8 Å². The molecule has 0 unspecified atom stereocenters. The van der Waals surface area contributed by atoms with E-state index < -0.39 is 28.9 Å². The van der Waals surface area contributed by atoms with Crippen LogP contribution in [0.4, 0.5) is 18.9 Å². The van der Waals surface area contributed by atoms with Gasteiger partial charge >= 0.3 is 11.9 Å². The van der Waals surface area contributed by atoms with Gasteiger partial charge in [0.25, 0.3) is 5.56 Å². The van der Waals surface area contributed by atoms with Gasteiger partial charge < -0.3 is 5.32 Å². The summed E-state index contributed by atoms with van der Waals surface area (Å²) in [6, 6.07) is 4.35. The van der Waals surface area contributed by atoms with Gasteiger partial charge in [-0.1, -0.05) is 19.9 Å². The third-order valence-corrected chi connectivity index (χ3v) is 6.03. The number of halogens is 3. The first-order chi connectivity index (χ1) is 14.9. The summed E-state index contributed by atoms with van der Waals surface area (Å²) >= 11 is 1.08. The lowest BCUT2D eigenvalue weighted by Crippen LogP contribution is -2.37. The molecule has 2 heterocycles. The summed E-state index contributed by atoms with van der Waals surface area (Å²) in [5.41, 5.74) is -0.972. The van der Waals surface area contributed by atoms with E-state index in [4.69, 9.17) is 0 Å². The third kappa shape index (κ3) is 4.57. The number of carbonyl (C=O) groups is 1. The molecule has 0 fully saturated rings. The van der Waals surface area contributed by atoms with Gasteiger partial charge in [0.1, 0.15) is 5.65 Å². The molecule has 2 aromatic heterocycles. The number of aryl methyl sites for hydroxylation is 1. The van der Waals surface area contributed by atoms with Crippen molar-refractivity contribution in [1.29, 1.82) is 0 Å². The lowest BCUT2D eigenvalue weighted by molar-refractivity contribution is -0.137. The van der Waals surface area contributed by atoms with E-state index in [1.54, 1.807) is 6.20 Å². The molecule has 0 bridgehead atoms. The first-order valence-corrected chi connectivity index (χ1v) is 10.6. The molecule has 0 aliphatic heterocycles. The van der Waals surface area contributed by atoms with Crippen LogP contribution in [-0.2, 0) is 25.1 Å². The van der Waals surface area contributed by atoms with Crippen molar-refractivity contribution in [3.8, 4) is 0 Å². The van der Waals surface area contributed by atoms with Crippen LogP contribution in [0.25, 0.3) is 11.0 Å². The lowest BCUT2D eigenvalue weighted by atomic mass is 10.0. The predicted molar refractivity (Wildman–Crippen MR) is 117 cm³/mol. The van der Waals surface area contributed by atoms with Crippen LogP contribution in [0.3, 0.4) is 0 Å². The Morgan fingerprint density at radius 3 is 2.50 bits per heavy atom. The Bertz CT molecular complexity index is 1310. The number of anilines is 1. The molecular formula is C21H21F3N4O3S. The van der Waals surface area contributed by atoms with Crippen molar-refractivity contribution in [3.05, 3.63) is 62.4 Å². The number of aromatic nitrogens is 3. The number of pyridine rings is 1. The van der Waals surface area contributed by atoms with E-state index in [2.05, 4.69) is 10.3 Å². The maximum atomic E-state index is 12.9. The zero-order chi connectivity index (χ0) is 23.8. The first kappa shape index (κ1) is 23.6. The molecule has 0 saturated heterocycles. The summed E-state index contributed by atoms with van der Waals surface area (Å²) in [5.74, 6) is -0.709. The van der Waals surface area contributed by atoms with E-state index in [1.807, 2.05) is 13.8 Å². The van der Waals surface area contributed by atoms with Crippen LogP contribution < -0.4 is 16.6 Å². The van der Waals surface area contributed by atoms with Gasteiger partial charge in [0, 0.05) is 30.9 Å². The second-order valence-electron chi connectivity index (χ2n) is 7.52. The first-order valence-electron chi connectivity index (χ1n) is 9.60. The summed E-state index contributed by atoms with van der Waals surface area (Å²) in [5, 5.41) is 2.67. The number of alkyl halides is 3. The summed E-state index contributed by atoms with van der Waals surface area (Å²) in [4.78, 5) is 42.4. The fourth-order valence-electron chi connectivity index (χ4n) is 3.19. The molecule has 0 aliphatic rings. The van der Waals surface area contributed by atoms with Crippen molar-refractivity contribution in [3.63, 3.8) is 0 Å². The highest BCUT2D eigenvalue weighted by Gasteiger charge is 2.30. The van der Waals surface area contributed by atoms with Crippen molar-refractivity contribution < 1.29 is 18.0 Å². The van der Waals surface area contributed by atoms with Gasteiger partial charge in [0.15, 0.2) is 0 Å². The molecular weight excluding hydrogens is 445 g/mol. The lowest BCUT2D eigenvalue weighted by Gasteiger charge is -2.16. The van der Waals surface area contributed by atoms with Gasteiger partial charge in [-0.3, -0.25) is 18.7 Å². The molecule has 32 heavy (non-hydrogen) atoms. The molecule has 0 spiro atoms. The van der Waals surface area contributed by atoms with E-state index in [0.29, 0.717) is 4.90 Å². The van der Waals surface area contributed by atoms with Crippen LogP contribution >= 0.6 is 11.8 Å². The second kappa shape index (κ2) is 8.81. The van der Waals surface area contributed by atoms with E-state index in [1.165, 1.54) is 30.8 Å². The molecule has 0 saturated carbocycles. The van der Waals surface area contributed by atoms with Crippen molar-refractivity contribution in [2.24, 2.45) is 14.1 Å². The maximum Gasteiger partial charge on any atom is 0.416 e. The van der Waals surface area contributed by atoms with Gasteiger partial charge in [-0.05, 0) is 29.7 Å². The zero-order valence-corrected chi connectivity index (χ0v) is 18.6. The van der Waals surface area contributed by atoms with E-state index in [9.17, 15) is 27.6 Å². The number of nitrogens with zero attached hydrogens (tertiary/aromatic N) is 3. The highest BCUT2D eigenvalue weighted by atomic mass is 32.2. The highest BCUT2D eigenvalue weighted by molar-refractivity contribution is 8.00. The molecule has 3 rings (SSSR count). The van der Waals surface area contributed by atoms with Crippen LogP contribution in [0.1, 0.15) is 30.9 Å². The number of nitrogens with one attached hydrogen (secondary N) is 1. The van der Waals surface area contributed by atoms with E-state index in [0.717, 1.165) is 34.0 Å². The molecule has 7 nitrogen and oxygen atoms in total. The number of thioether (sulfide) groups is 1. The summed E-state index contributed by atoms with van der Waals surface area (Å²) in [6.07, 6.45) is -2.95. The molecule has 170 valence electrons. The number of rotatable bonds is 5. The van der Waals surface area contributed by atoms with Crippen LogP contribution in [-0.4, -0.2) is 25.8 Å². The number of amides is 1. The highest BCUT2D eigenvalue weighted by Crippen LogP contribution is 2.33. The summed E-state index contributed by atoms with van der Waals surface area (Å²) in [7, 11) is 2.86. The average Bonchev–Trinajstić information content (AvgIpc) is 2.73. The SMILES string of the molecule is CC(C)c1cnc2c(c1SCC(=O)Nc1cccc(C(F)(F)F)c1)c(=O)n(C)c(=O)n2C. The fourth-order valence-corrected chi connectivity index (χ4v) is 4.32. The monoisotopic (exact) mass is 466 g/mol. The Hall–Kier alpha value is -3.08. The zero-order valence-electron chi connectivity index (χ0n) is 17.8. The Morgan fingerprint density at radius 2 is 1.88 bits per heavy atom. The van der Waals surface area contributed by atoms with Crippen LogP contribution in [0.15, 0.2) is 44.9 Å². The molecule has 0 aliphatic carbocycles. The van der Waals surface area contributed by atoms with Crippen molar-refractivity contribution in [1.82, 2.24) is 14.1 Å². The predicted octanol–water partition coefficient (Wildman–Crippen LogP) is 3.51. The average molecular weight is 466 g/mol. The smallest absolute Gasteiger partial charge is 0.325 e. The second-order valence-corrected chi connectivity index (χ2v) is 8.50. The molecule has 0 atom stereocenters. The third-order valence-electron chi connectivity index (χ3n) is 4.89. The summed E-state index contributed by atoms with van der Waals surface area (Å²) < 4.78 is 40.9. The number of fused-ring (bicyclic) bond motifs is 1. The quantitative estimate of drug-likeness (QED) is 0.582. The standard InChI is InChI=1S/C21H21F3N4O3S/c1-11(2)14-9-25-18-16(19(30)28(4)20(31)27(18)3)17(14)32-10-15(29)26-13-7-5-6-12(8-13)21(22,23)24/h5-9,11H,10H2,1-4H3,(H,26,29). The van der Waals surface area contributed by atoms with Gasteiger partial charge in [-0.2, -0.15) is 13.2 Å². The van der Waals surface area contributed by atoms with Gasteiger partial charge in [-0.25, -0.2) is 9.78 Å². The van der Waals surface area contributed by atoms with E-state index in [-0.39, 0.29) is 28.4 Å². The Morgan fingerprint density at radius 1 is 1.19 bits per heavy atom. The molecule has 1 amide bonds. The van der Waals surface area contributed by atoms with Crippen LogP contribution in [0, 0.1) is 0 Å². The van der Waals surface area contributed by atoms with Gasteiger partial charge in [0.05, 0.1) is 16.7 Å². The number of benzene rings is 1. The Balaban J connectivity index is 1.95. The normalized spacial score (nSPS) is 11.9. The van der Waals surface area contributed by atoms with E-state index >= 15 is 0 Å². The Labute approximate surface area is 185 Å². The van der Waals surface area contributed by atoms with Gasteiger partial charge in [0.2, 0.25) is 5.91 Å². The molecule has 1 N–H and O–H groups in total. The van der Waals surface area contributed by atoms with Crippen molar-refractivity contribution >= 4 is 34.4 Å². The minimum atomic E-state index is -4.52. The minimum Gasteiger partial charge on any atom is -0.325 e. The van der Waals surface area contributed by atoms with Crippen LogP contribution in [0.5, 0.6) is 0 Å². The maximum absolute atomic E-state index is 12.9. The Kier molecular flexibility index (Phi) is 6.49.